The summed E-state index contributed by atoms with van der Waals surface area (Å²) in [6, 6.07) is 15.0. The predicted molar refractivity (Wildman–Crippen MR) is 86.1 cm³/mol. The minimum Gasteiger partial charge on any atom is -0.495 e. The molecule has 1 amide bonds. The molecule has 2 aromatic rings. The minimum absolute atomic E-state index is 0.185. The molecule has 0 aliphatic heterocycles. The summed E-state index contributed by atoms with van der Waals surface area (Å²) in [5.74, 6) is -0.506. The van der Waals surface area contributed by atoms with Gasteiger partial charge in [-0.15, -0.1) is 0 Å². The summed E-state index contributed by atoms with van der Waals surface area (Å²) in [4.78, 5) is 23.9. The normalized spacial score (nSPS) is 10.1. The van der Waals surface area contributed by atoms with E-state index in [9.17, 15) is 9.59 Å². The highest BCUT2D eigenvalue weighted by molar-refractivity contribution is 6.40. The minimum atomic E-state index is -0.613. The van der Waals surface area contributed by atoms with Crippen LogP contribution in [-0.2, 0) is 16.0 Å². The molecule has 0 aromatic heterocycles. The fraction of sp³-hybridized carbons (Fsp3) is 0.222. The van der Waals surface area contributed by atoms with Crippen molar-refractivity contribution in [3.63, 3.8) is 0 Å². The van der Waals surface area contributed by atoms with Crippen LogP contribution in [-0.4, -0.2) is 18.8 Å². The fourth-order valence-electron chi connectivity index (χ4n) is 2.11. The van der Waals surface area contributed by atoms with E-state index < -0.39 is 11.7 Å². The van der Waals surface area contributed by atoms with Crippen molar-refractivity contribution in [2.24, 2.45) is 0 Å². The monoisotopic (exact) mass is 297 g/mol. The van der Waals surface area contributed by atoms with E-state index in [1.165, 1.54) is 7.11 Å². The van der Waals surface area contributed by atoms with Crippen molar-refractivity contribution >= 4 is 17.4 Å². The second-order valence-corrected chi connectivity index (χ2v) is 5.07. The topological polar surface area (TPSA) is 55.4 Å². The molecule has 0 saturated heterocycles. The summed E-state index contributed by atoms with van der Waals surface area (Å²) in [7, 11) is 1.53. The molecule has 0 unspecified atom stereocenters. The lowest BCUT2D eigenvalue weighted by Gasteiger charge is -2.10. The van der Waals surface area contributed by atoms with Crippen molar-refractivity contribution in [1.29, 1.82) is 0 Å². The highest BCUT2D eigenvalue weighted by atomic mass is 16.5. The first-order chi connectivity index (χ1) is 10.6. The number of rotatable bonds is 6. The highest BCUT2D eigenvalue weighted by Gasteiger charge is 2.15. The van der Waals surface area contributed by atoms with Gasteiger partial charge < -0.3 is 10.1 Å². The van der Waals surface area contributed by atoms with Crippen LogP contribution in [0.5, 0.6) is 5.75 Å². The Morgan fingerprint density at radius 3 is 2.50 bits per heavy atom. The number of carbonyl (C=O) groups is 2. The molecule has 0 bridgehead atoms. The zero-order chi connectivity index (χ0) is 15.9. The van der Waals surface area contributed by atoms with Crippen LogP contribution in [0.25, 0.3) is 0 Å². The van der Waals surface area contributed by atoms with Crippen LogP contribution in [0, 0.1) is 6.92 Å². The average Bonchev–Trinajstić information content (AvgIpc) is 2.55. The number of anilines is 1. The number of ketones is 1. The number of methoxy groups -OCH3 is 1. The lowest BCUT2D eigenvalue weighted by molar-refractivity contribution is -0.134. The van der Waals surface area contributed by atoms with Gasteiger partial charge in [0.25, 0.3) is 5.91 Å². The van der Waals surface area contributed by atoms with E-state index >= 15 is 0 Å². The molecule has 114 valence electrons. The Kier molecular flexibility index (Phi) is 5.31. The summed E-state index contributed by atoms with van der Waals surface area (Å²) >= 11 is 0. The summed E-state index contributed by atoms with van der Waals surface area (Å²) in [6.45, 7) is 1.93. The van der Waals surface area contributed by atoms with Crippen LogP contribution in [0.4, 0.5) is 5.69 Å². The van der Waals surface area contributed by atoms with Gasteiger partial charge in [-0.05, 0) is 36.6 Å². The van der Waals surface area contributed by atoms with E-state index in [0.717, 1.165) is 11.1 Å². The second-order valence-electron chi connectivity index (χ2n) is 5.07. The van der Waals surface area contributed by atoms with Crippen LogP contribution in [0.3, 0.4) is 0 Å². The third-order valence-corrected chi connectivity index (χ3v) is 3.34. The quantitative estimate of drug-likeness (QED) is 0.833. The van der Waals surface area contributed by atoms with Crippen molar-refractivity contribution < 1.29 is 14.3 Å². The van der Waals surface area contributed by atoms with Crippen LogP contribution >= 0.6 is 0 Å². The molecule has 4 heteroatoms. The van der Waals surface area contributed by atoms with E-state index in [1.807, 2.05) is 49.4 Å². The maximum atomic E-state index is 12.0. The first-order valence-electron chi connectivity index (χ1n) is 7.13. The van der Waals surface area contributed by atoms with Gasteiger partial charge in [-0.1, -0.05) is 36.4 Å². The molecule has 0 spiro atoms. The highest BCUT2D eigenvalue weighted by Crippen LogP contribution is 2.25. The number of aryl methyl sites for hydroxylation is 2. The van der Waals surface area contributed by atoms with Gasteiger partial charge in [0.05, 0.1) is 12.8 Å². The number of nitrogens with one attached hydrogen (secondary N) is 1. The van der Waals surface area contributed by atoms with Gasteiger partial charge in [0, 0.05) is 6.42 Å². The van der Waals surface area contributed by atoms with E-state index in [2.05, 4.69) is 5.32 Å². The molecule has 4 nitrogen and oxygen atoms in total. The number of ether oxygens (including phenoxy) is 1. The lowest BCUT2D eigenvalue weighted by atomic mass is 10.1. The van der Waals surface area contributed by atoms with Crippen LogP contribution in [0.1, 0.15) is 17.5 Å². The fourth-order valence-corrected chi connectivity index (χ4v) is 2.11. The standard InChI is InChI=1S/C18H19NO3/c1-13-8-10-15(17(12-13)22-2)19-18(21)16(20)11-9-14-6-4-3-5-7-14/h3-8,10,12H,9,11H2,1-2H3,(H,19,21). The van der Waals surface area contributed by atoms with Gasteiger partial charge >= 0.3 is 0 Å². The van der Waals surface area contributed by atoms with E-state index in [0.29, 0.717) is 17.9 Å². The molecule has 0 radical (unpaired) electrons. The Hall–Kier alpha value is -2.62. The number of hydrogen-bond acceptors (Lipinski definition) is 3. The van der Waals surface area contributed by atoms with Crippen LogP contribution in [0.2, 0.25) is 0 Å². The molecule has 2 rings (SSSR count). The molecular weight excluding hydrogens is 278 g/mol. The van der Waals surface area contributed by atoms with E-state index in [-0.39, 0.29) is 6.42 Å². The number of hydrogen-bond donors (Lipinski definition) is 1. The molecule has 0 heterocycles. The largest absolute Gasteiger partial charge is 0.495 e. The molecule has 2 aromatic carbocycles. The number of carbonyl (C=O) groups excluding carboxylic acids is 2. The van der Waals surface area contributed by atoms with Gasteiger partial charge in [0.2, 0.25) is 5.78 Å². The molecule has 0 atom stereocenters. The number of benzene rings is 2. The zero-order valence-corrected chi connectivity index (χ0v) is 12.8. The average molecular weight is 297 g/mol. The Morgan fingerprint density at radius 2 is 1.82 bits per heavy atom. The predicted octanol–water partition coefficient (Wildman–Crippen LogP) is 3.14. The van der Waals surface area contributed by atoms with Gasteiger partial charge in [-0.25, -0.2) is 0 Å². The number of amides is 1. The lowest BCUT2D eigenvalue weighted by Crippen LogP contribution is -2.23. The Morgan fingerprint density at radius 1 is 1.09 bits per heavy atom. The molecule has 0 fully saturated rings. The second kappa shape index (κ2) is 7.41. The summed E-state index contributed by atoms with van der Waals surface area (Å²) in [6.07, 6.45) is 0.738. The Labute approximate surface area is 130 Å². The van der Waals surface area contributed by atoms with Gasteiger partial charge in [0.1, 0.15) is 5.75 Å². The first kappa shape index (κ1) is 15.8. The van der Waals surface area contributed by atoms with Gasteiger partial charge in [-0.2, -0.15) is 0 Å². The molecule has 0 aliphatic rings. The molecular formula is C18H19NO3. The third kappa shape index (κ3) is 4.19. The van der Waals surface area contributed by atoms with Crippen LogP contribution < -0.4 is 10.1 Å². The zero-order valence-electron chi connectivity index (χ0n) is 12.8. The SMILES string of the molecule is COc1cc(C)ccc1NC(=O)C(=O)CCc1ccccc1. The number of Topliss-reactive ketones (excluding diaryl/α,β-unsaturated/α-hetero) is 1. The summed E-state index contributed by atoms with van der Waals surface area (Å²) in [5.41, 5.74) is 2.56. The van der Waals surface area contributed by atoms with Crippen molar-refractivity contribution in [2.75, 3.05) is 12.4 Å². The maximum Gasteiger partial charge on any atom is 0.291 e. The van der Waals surface area contributed by atoms with Crippen LogP contribution in [0.15, 0.2) is 48.5 Å². The maximum absolute atomic E-state index is 12.0. The van der Waals surface area contributed by atoms with Gasteiger partial charge in [-0.3, -0.25) is 9.59 Å². The van der Waals surface area contributed by atoms with Crippen molar-refractivity contribution in [2.45, 2.75) is 19.8 Å². The molecule has 22 heavy (non-hydrogen) atoms. The van der Waals surface area contributed by atoms with Crippen molar-refractivity contribution in [1.82, 2.24) is 0 Å². The van der Waals surface area contributed by atoms with Crippen molar-refractivity contribution in [3.05, 3.63) is 59.7 Å². The Balaban J connectivity index is 1.95. The van der Waals surface area contributed by atoms with Crippen molar-refractivity contribution in [3.8, 4) is 5.75 Å². The molecule has 0 saturated carbocycles. The molecule has 1 N–H and O–H groups in total. The molecule has 0 aliphatic carbocycles. The van der Waals surface area contributed by atoms with E-state index in [4.69, 9.17) is 4.74 Å². The van der Waals surface area contributed by atoms with Gasteiger partial charge in [0.15, 0.2) is 0 Å². The van der Waals surface area contributed by atoms with E-state index in [1.54, 1.807) is 6.07 Å². The Bertz CT molecular complexity index is 665. The summed E-state index contributed by atoms with van der Waals surface area (Å²) in [5, 5.41) is 2.61. The first-order valence-corrected chi connectivity index (χ1v) is 7.13. The summed E-state index contributed by atoms with van der Waals surface area (Å²) < 4.78 is 5.21. The smallest absolute Gasteiger partial charge is 0.291 e. The third-order valence-electron chi connectivity index (χ3n) is 3.34.